The van der Waals surface area contributed by atoms with Gasteiger partial charge in [0.1, 0.15) is 23.9 Å². The highest BCUT2D eigenvalue weighted by Crippen LogP contribution is 2.22. The summed E-state index contributed by atoms with van der Waals surface area (Å²) in [5.41, 5.74) is 13.7. The van der Waals surface area contributed by atoms with Crippen molar-refractivity contribution in [2.75, 3.05) is 19.8 Å². The third-order valence-corrected chi connectivity index (χ3v) is 3.61. The van der Waals surface area contributed by atoms with Crippen molar-refractivity contribution in [3.8, 4) is 5.75 Å². The minimum absolute atomic E-state index is 0.0607. The van der Waals surface area contributed by atoms with Gasteiger partial charge in [0, 0.05) is 25.3 Å². The maximum Gasteiger partial charge on any atom is 0.297 e. The van der Waals surface area contributed by atoms with Crippen LogP contribution in [0.3, 0.4) is 0 Å². The molecule has 2 rings (SSSR count). The Balaban J connectivity index is 2.22. The maximum absolute atomic E-state index is 12.4. The molecule has 0 saturated heterocycles. The fraction of sp³-hybridized carbons (Fsp3) is 0.150. The molecule has 2 aromatic rings. The number of hydrogen-bond donors (Lipinski definition) is 3. The van der Waals surface area contributed by atoms with Gasteiger partial charge in [0.25, 0.3) is 5.91 Å². The molecular weight excluding hydrogens is 342 g/mol. The van der Waals surface area contributed by atoms with Crippen LogP contribution in [0.4, 0.5) is 5.69 Å². The number of amidine groups is 1. The quantitative estimate of drug-likeness (QED) is 0.394. The predicted molar refractivity (Wildman–Crippen MR) is 109 cm³/mol. The number of nitrogens with two attached hydrogens (primary N) is 2. The van der Waals surface area contributed by atoms with E-state index in [1.807, 2.05) is 30.3 Å². The number of benzene rings is 2. The fourth-order valence-corrected chi connectivity index (χ4v) is 2.28. The summed E-state index contributed by atoms with van der Waals surface area (Å²) in [5, 5.41) is 2.77. The average molecular weight is 365 g/mol. The average Bonchev–Trinajstić information content (AvgIpc) is 2.68. The highest BCUT2D eigenvalue weighted by atomic mass is 16.5. The number of carbonyl (C=O) groups is 1. The van der Waals surface area contributed by atoms with E-state index < -0.39 is 5.91 Å². The van der Waals surface area contributed by atoms with E-state index in [0.29, 0.717) is 23.6 Å². The zero-order valence-electron chi connectivity index (χ0n) is 15.3. The van der Waals surface area contributed by atoms with Crippen LogP contribution < -0.4 is 21.5 Å². The van der Waals surface area contributed by atoms with Crippen molar-refractivity contribution in [2.24, 2.45) is 15.7 Å². The van der Waals surface area contributed by atoms with Crippen molar-refractivity contribution in [3.63, 3.8) is 0 Å². The topological polar surface area (TPSA) is 115 Å². The normalized spacial score (nSPS) is 12.2. The molecule has 0 atom stereocenters. The van der Waals surface area contributed by atoms with Crippen molar-refractivity contribution < 1.29 is 9.53 Å². The molecule has 0 saturated carbocycles. The summed E-state index contributed by atoms with van der Waals surface area (Å²) in [6.45, 7) is 0.399. The van der Waals surface area contributed by atoms with Crippen LogP contribution in [-0.4, -0.2) is 31.5 Å². The number of anilines is 1. The Morgan fingerprint density at radius 2 is 1.96 bits per heavy atom. The van der Waals surface area contributed by atoms with Crippen LogP contribution in [0.5, 0.6) is 5.75 Å². The number of nitrogen functional groups attached to an aromatic ring is 1. The number of carbonyl (C=O) groups excluding carboxylic acids is 1. The molecule has 0 aliphatic carbocycles. The van der Waals surface area contributed by atoms with E-state index in [9.17, 15) is 4.79 Å². The Hall–Kier alpha value is -3.61. The van der Waals surface area contributed by atoms with Crippen molar-refractivity contribution >= 4 is 23.1 Å². The first-order valence-corrected chi connectivity index (χ1v) is 8.31. The lowest BCUT2D eigenvalue weighted by Gasteiger charge is -2.11. The number of rotatable bonds is 7. The lowest BCUT2D eigenvalue weighted by atomic mass is 10.1. The van der Waals surface area contributed by atoms with Crippen LogP contribution in [-0.2, 0) is 11.4 Å². The molecule has 1 amide bonds. The van der Waals surface area contributed by atoms with Crippen molar-refractivity contribution in [3.05, 3.63) is 71.9 Å². The molecule has 0 bridgehead atoms. The summed E-state index contributed by atoms with van der Waals surface area (Å²) < 4.78 is 5.79. The molecular formula is C20H23N5O2. The molecule has 140 valence electrons. The lowest BCUT2D eigenvalue weighted by molar-refractivity contribution is -0.111. The standard InChI is InChI=1S/C20H23N5O2/c1-23-11-10-18(22)25-20(26)19(24-2)16-12-15(8-9-17(16)21)27-13-14-6-4-3-5-7-14/h3-12,23H,13,21H2,1-2H3,(H2,22,25,26)/b11-10-,24-19?. The van der Waals surface area contributed by atoms with Crippen LogP contribution in [0, 0.1) is 0 Å². The molecule has 0 unspecified atom stereocenters. The second-order valence-electron chi connectivity index (χ2n) is 5.56. The Morgan fingerprint density at radius 3 is 2.63 bits per heavy atom. The minimum Gasteiger partial charge on any atom is -0.489 e. The molecule has 0 radical (unpaired) electrons. The van der Waals surface area contributed by atoms with Crippen LogP contribution in [0.2, 0.25) is 0 Å². The first kappa shape index (κ1) is 19.7. The Morgan fingerprint density at radius 1 is 1.22 bits per heavy atom. The van der Waals surface area contributed by atoms with Crippen LogP contribution in [0.25, 0.3) is 0 Å². The number of nitrogens with one attached hydrogen (secondary N) is 1. The number of hydrogen-bond acceptors (Lipinski definition) is 5. The third kappa shape index (κ3) is 5.71. The van der Waals surface area contributed by atoms with Gasteiger partial charge in [-0.1, -0.05) is 30.3 Å². The van der Waals surface area contributed by atoms with Gasteiger partial charge in [-0.15, -0.1) is 0 Å². The maximum atomic E-state index is 12.4. The van der Waals surface area contributed by atoms with E-state index in [4.69, 9.17) is 16.2 Å². The van der Waals surface area contributed by atoms with Gasteiger partial charge in [-0.05, 0) is 36.0 Å². The Kier molecular flexibility index (Phi) is 7.13. The molecule has 2 aromatic carbocycles. The van der Waals surface area contributed by atoms with E-state index in [-0.39, 0.29) is 11.5 Å². The van der Waals surface area contributed by atoms with Gasteiger partial charge < -0.3 is 21.5 Å². The fourth-order valence-electron chi connectivity index (χ4n) is 2.28. The van der Waals surface area contributed by atoms with Gasteiger partial charge in [-0.3, -0.25) is 9.79 Å². The molecule has 7 nitrogen and oxygen atoms in total. The number of nitrogens with zero attached hydrogens (tertiary/aromatic N) is 2. The second kappa shape index (κ2) is 9.76. The van der Waals surface area contributed by atoms with Gasteiger partial charge in [-0.2, -0.15) is 4.99 Å². The van der Waals surface area contributed by atoms with Crippen molar-refractivity contribution in [1.82, 2.24) is 5.32 Å². The molecule has 0 aromatic heterocycles. The van der Waals surface area contributed by atoms with Crippen LogP contribution in [0.1, 0.15) is 11.1 Å². The monoisotopic (exact) mass is 365 g/mol. The van der Waals surface area contributed by atoms with E-state index in [1.54, 1.807) is 31.4 Å². The minimum atomic E-state index is -0.581. The predicted octanol–water partition coefficient (Wildman–Crippen LogP) is 1.88. The summed E-state index contributed by atoms with van der Waals surface area (Å²) in [5.74, 6) is 0.0530. The van der Waals surface area contributed by atoms with E-state index in [2.05, 4.69) is 15.3 Å². The van der Waals surface area contributed by atoms with Gasteiger partial charge >= 0.3 is 0 Å². The molecule has 27 heavy (non-hydrogen) atoms. The summed E-state index contributed by atoms with van der Waals surface area (Å²) in [6, 6.07) is 14.9. The molecule has 0 spiro atoms. The van der Waals surface area contributed by atoms with Gasteiger partial charge in [0.05, 0.1) is 0 Å². The van der Waals surface area contributed by atoms with Crippen molar-refractivity contribution in [2.45, 2.75) is 6.61 Å². The number of aliphatic imine (C=N–C) groups is 2. The zero-order chi connectivity index (χ0) is 19.6. The zero-order valence-corrected chi connectivity index (χ0v) is 15.3. The molecule has 7 heteroatoms. The van der Waals surface area contributed by atoms with Crippen LogP contribution in [0.15, 0.2) is 70.8 Å². The molecule has 0 aliphatic rings. The summed E-state index contributed by atoms with van der Waals surface area (Å²) in [6.07, 6.45) is 3.05. The summed E-state index contributed by atoms with van der Waals surface area (Å²) in [7, 11) is 3.21. The van der Waals surface area contributed by atoms with Gasteiger partial charge in [0.15, 0.2) is 0 Å². The lowest BCUT2D eigenvalue weighted by Crippen LogP contribution is -2.20. The first-order chi connectivity index (χ1) is 13.0. The van der Waals surface area contributed by atoms with Crippen LogP contribution >= 0.6 is 0 Å². The third-order valence-electron chi connectivity index (χ3n) is 3.61. The van der Waals surface area contributed by atoms with E-state index in [0.717, 1.165) is 5.56 Å². The Bertz CT molecular complexity index is 873. The number of amides is 1. The largest absolute Gasteiger partial charge is 0.489 e. The van der Waals surface area contributed by atoms with Crippen molar-refractivity contribution in [1.29, 1.82) is 0 Å². The van der Waals surface area contributed by atoms with E-state index >= 15 is 0 Å². The van der Waals surface area contributed by atoms with Gasteiger partial charge in [-0.25, -0.2) is 0 Å². The number of ether oxygens (including phenoxy) is 1. The highest BCUT2D eigenvalue weighted by Gasteiger charge is 2.17. The summed E-state index contributed by atoms with van der Waals surface area (Å²) >= 11 is 0. The molecule has 5 N–H and O–H groups in total. The molecule has 0 heterocycles. The summed E-state index contributed by atoms with van der Waals surface area (Å²) in [4.78, 5) is 20.3. The van der Waals surface area contributed by atoms with Gasteiger partial charge in [0.2, 0.25) is 0 Å². The smallest absolute Gasteiger partial charge is 0.297 e. The Labute approximate surface area is 158 Å². The second-order valence-corrected chi connectivity index (χ2v) is 5.56. The van der Waals surface area contributed by atoms with E-state index in [1.165, 1.54) is 13.1 Å². The first-order valence-electron chi connectivity index (χ1n) is 8.31. The molecule has 0 fully saturated rings. The highest BCUT2D eigenvalue weighted by molar-refractivity contribution is 6.48. The molecule has 0 aliphatic heterocycles. The SMILES string of the molecule is CN=C(C(=O)N=C(N)/C=C\NC)c1cc(OCc2ccccc2)ccc1N.